The number of hydrogen-bond donors (Lipinski definition) is 2. The number of nitrogens with zero attached hydrogens (tertiary/aromatic N) is 1. The number of aliphatic carboxylic acids is 2. The molecule has 0 unspecified atom stereocenters. The van der Waals surface area contributed by atoms with Gasteiger partial charge < -0.3 is 15.1 Å². The van der Waals surface area contributed by atoms with E-state index in [4.69, 9.17) is 5.11 Å². The normalized spacial score (nSPS) is 20.2. The number of carbonyl (C=O) groups is 2. The third kappa shape index (κ3) is 3.69. The van der Waals surface area contributed by atoms with Crippen LogP contribution in [-0.4, -0.2) is 46.7 Å². The van der Waals surface area contributed by atoms with Crippen molar-refractivity contribution in [3.63, 3.8) is 0 Å². The highest BCUT2D eigenvalue weighted by molar-refractivity contribution is 5.74. The molecule has 0 bridgehead atoms. The molecule has 2 N–H and O–H groups in total. The van der Waals surface area contributed by atoms with Gasteiger partial charge in [0.2, 0.25) is 0 Å². The fourth-order valence-electron chi connectivity index (χ4n) is 2.47. The molecule has 0 saturated carbocycles. The van der Waals surface area contributed by atoms with Crippen molar-refractivity contribution in [2.24, 2.45) is 10.8 Å². The quantitative estimate of drug-likeness (QED) is 0.773. The molecule has 110 valence electrons. The third-order valence-electron chi connectivity index (χ3n) is 4.58. The molecule has 1 aliphatic heterocycles. The second-order valence-corrected chi connectivity index (χ2v) is 6.22. The fourth-order valence-corrected chi connectivity index (χ4v) is 2.47. The number of carboxylic acids is 2. The fraction of sp³-hybridized carbons (Fsp3) is 0.857. The van der Waals surface area contributed by atoms with E-state index in [1.807, 2.05) is 6.92 Å². The van der Waals surface area contributed by atoms with Gasteiger partial charge in [-0.2, -0.15) is 0 Å². The van der Waals surface area contributed by atoms with Gasteiger partial charge in [-0.25, -0.2) is 0 Å². The van der Waals surface area contributed by atoms with Gasteiger partial charge in [-0.1, -0.05) is 6.92 Å². The van der Waals surface area contributed by atoms with Crippen molar-refractivity contribution in [2.45, 2.75) is 46.5 Å². The molecule has 5 heteroatoms. The molecule has 0 aromatic rings. The SMILES string of the molecule is CCC1(C(=O)O)CCN(CCC(C)(C)C(=O)O)CC1. The molecule has 0 aromatic heterocycles. The van der Waals surface area contributed by atoms with Gasteiger partial charge in [0, 0.05) is 0 Å². The molecule has 1 aliphatic rings. The Hall–Kier alpha value is -1.10. The smallest absolute Gasteiger partial charge is 0.309 e. The molecule has 1 fully saturated rings. The Morgan fingerprint density at radius 1 is 1.21 bits per heavy atom. The Bertz CT molecular complexity index is 343. The molecule has 1 rings (SSSR count). The summed E-state index contributed by atoms with van der Waals surface area (Å²) in [7, 11) is 0. The van der Waals surface area contributed by atoms with Gasteiger partial charge in [0.05, 0.1) is 10.8 Å². The van der Waals surface area contributed by atoms with Crippen molar-refractivity contribution in [1.82, 2.24) is 4.90 Å². The summed E-state index contributed by atoms with van der Waals surface area (Å²) in [6.07, 6.45) is 2.57. The molecule has 0 aliphatic carbocycles. The summed E-state index contributed by atoms with van der Waals surface area (Å²) in [6.45, 7) is 7.60. The predicted octanol–water partition coefficient (Wildman–Crippen LogP) is 2.06. The predicted molar refractivity (Wildman–Crippen MR) is 72.1 cm³/mol. The molecular formula is C14H25NO4. The zero-order chi connectivity index (χ0) is 14.7. The first-order valence-corrected chi connectivity index (χ1v) is 6.93. The molecule has 19 heavy (non-hydrogen) atoms. The Labute approximate surface area is 114 Å². The van der Waals surface area contributed by atoms with Crippen LogP contribution >= 0.6 is 0 Å². The van der Waals surface area contributed by atoms with Gasteiger partial charge in [-0.05, 0) is 59.2 Å². The second-order valence-electron chi connectivity index (χ2n) is 6.22. The average molecular weight is 271 g/mol. The van der Waals surface area contributed by atoms with E-state index >= 15 is 0 Å². The van der Waals surface area contributed by atoms with E-state index in [1.165, 1.54) is 0 Å². The molecule has 0 amide bonds. The summed E-state index contributed by atoms with van der Waals surface area (Å²) in [4.78, 5) is 24.5. The Morgan fingerprint density at radius 3 is 2.11 bits per heavy atom. The van der Waals surface area contributed by atoms with Crippen LogP contribution in [0.2, 0.25) is 0 Å². The molecule has 1 heterocycles. The van der Waals surface area contributed by atoms with Gasteiger partial charge in [0.25, 0.3) is 0 Å². The lowest BCUT2D eigenvalue weighted by Crippen LogP contribution is -2.45. The lowest BCUT2D eigenvalue weighted by molar-refractivity contribution is -0.152. The highest BCUT2D eigenvalue weighted by Gasteiger charge is 2.40. The molecule has 0 atom stereocenters. The van der Waals surface area contributed by atoms with Crippen LogP contribution in [0.4, 0.5) is 0 Å². The lowest BCUT2D eigenvalue weighted by Gasteiger charge is -2.39. The first kappa shape index (κ1) is 16.0. The van der Waals surface area contributed by atoms with E-state index < -0.39 is 22.8 Å². The zero-order valence-corrected chi connectivity index (χ0v) is 12.1. The van der Waals surface area contributed by atoms with Gasteiger partial charge >= 0.3 is 11.9 Å². The van der Waals surface area contributed by atoms with Crippen LogP contribution in [-0.2, 0) is 9.59 Å². The van der Waals surface area contributed by atoms with Crippen LogP contribution in [0.15, 0.2) is 0 Å². The van der Waals surface area contributed by atoms with E-state index in [9.17, 15) is 14.7 Å². The Balaban J connectivity index is 2.47. The number of piperidine rings is 1. The summed E-state index contributed by atoms with van der Waals surface area (Å²) in [5.41, 5.74) is -1.29. The van der Waals surface area contributed by atoms with Gasteiger partial charge in [-0.3, -0.25) is 9.59 Å². The monoisotopic (exact) mass is 271 g/mol. The minimum atomic E-state index is -0.780. The summed E-state index contributed by atoms with van der Waals surface area (Å²) in [5.74, 6) is -1.47. The number of likely N-dealkylation sites (tertiary alicyclic amines) is 1. The average Bonchev–Trinajstić information content (AvgIpc) is 2.36. The van der Waals surface area contributed by atoms with E-state index in [0.29, 0.717) is 25.7 Å². The van der Waals surface area contributed by atoms with Crippen LogP contribution in [0.3, 0.4) is 0 Å². The van der Waals surface area contributed by atoms with Gasteiger partial charge in [0.1, 0.15) is 0 Å². The molecule has 5 nitrogen and oxygen atoms in total. The van der Waals surface area contributed by atoms with Crippen molar-refractivity contribution in [3.8, 4) is 0 Å². The van der Waals surface area contributed by atoms with E-state index in [1.54, 1.807) is 13.8 Å². The summed E-state index contributed by atoms with van der Waals surface area (Å²) in [5, 5.41) is 18.4. The minimum absolute atomic E-state index is 0.571. The largest absolute Gasteiger partial charge is 0.481 e. The van der Waals surface area contributed by atoms with E-state index in [2.05, 4.69) is 4.90 Å². The van der Waals surface area contributed by atoms with Crippen molar-refractivity contribution >= 4 is 11.9 Å². The van der Waals surface area contributed by atoms with E-state index in [-0.39, 0.29) is 0 Å². The molecule has 0 aromatic carbocycles. The van der Waals surface area contributed by atoms with Gasteiger partial charge in [-0.15, -0.1) is 0 Å². The molecular weight excluding hydrogens is 246 g/mol. The van der Waals surface area contributed by atoms with Crippen molar-refractivity contribution in [2.75, 3.05) is 19.6 Å². The van der Waals surface area contributed by atoms with Crippen LogP contribution in [0.25, 0.3) is 0 Å². The zero-order valence-electron chi connectivity index (χ0n) is 12.1. The second kappa shape index (κ2) is 5.90. The van der Waals surface area contributed by atoms with Crippen LogP contribution in [0, 0.1) is 10.8 Å². The number of hydrogen-bond acceptors (Lipinski definition) is 3. The summed E-state index contributed by atoms with van der Waals surface area (Å²) in [6, 6.07) is 0. The van der Waals surface area contributed by atoms with Gasteiger partial charge in [0.15, 0.2) is 0 Å². The van der Waals surface area contributed by atoms with Crippen molar-refractivity contribution < 1.29 is 19.8 Å². The number of carboxylic acid groups (broad SMARTS) is 2. The maximum Gasteiger partial charge on any atom is 0.309 e. The highest BCUT2D eigenvalue weighted by Crippen LogP contribution is 2.35. The first-order valence-electron chi connectivity index (χ1n) is 6.93. The third-order valence-corrected chi connectivity index (χ3v) is 4.58. The first-order chi connectivity index (χ1) is 8.73. The lowest BCUT2D eigenvalue weighted by atomic mass is 9.76. The summed E-state index contributed by atoms with van der Waals surface area (Å²) < 4.78 is 0. The summed E-state index contributed by atoms with van der Waals surface area (Å²) >= 11 is 0. The minimum Gasteiger partial charge on any atom is -0.481 e. The standard InChI is InChI=1S/C14H25NO4/c1-4-14(12(18)19)6-9-15(10-7-14)8-5-13(2,3)11(16)17/h4-10H2,1-3H3,(H,16,17)(H,18,19). The Morgan fingerprint density at radius 2 is 1.74 bits per heavy atom. The maximum absolute atomic E-state index is 11.3. The van der Waals surface area contributed by atoms with E-state index in [0.717, 1.165) is 19.6 Å². The molecule has 0 radical (unpaired) electrons. The highest BCUT2D eigenvalue weighted by atomic mass is 16.4. The van der Waals surface area contributed by atoms with Crippen molar-refractivity contribution in [3.05, 3.63) is 0 Å². The van der Waals surface area contributed by atoms with Crippen LogP contribution in [0.1, 0.15) is 46.5 Å². The maximum atomic E-state index is 11.3. The van der Waals surface area contributed by atoms with Crippen LogP contribution in [0.5, 0.6) is 0 Å². The molecule has 0 spiro atoms. The topological polar surface area (TPSA) is 77.8 Å². The number of rotatable bonds is 6. The molecule has 1 saturated heterocycles. The van der Waals surface area contributed by atoms with Crippen LogP contribution < -0.4 is 0 Å². The van der Waals surface area contributed by atoms with Crippen molar-refractivity contribution in [1.29, 1.82) is 0 Å². The Kier molecular flexibility index (Phi) is 4.96.